The lowest BCUT2D eigenvalue weighted by molar-refractivity contribution is -0.0225. The summed E-state index contributed by atoms with van der Waals surface area (Å²) >= 11 is 0. The first-order valence-electron chi connectivity index (χ1n) is 8.69. The van der Waals surface area contributed by atoms with Crippen molar-refractivity contribution in [3.05, 3.63) is 23.3 Å². The minimum Gasteiger partial charge on any atom is -0.495 e. The Morgan fingerprint density at radius 3 is 2.82 bits per heavy atom. The average molecular weight is 301 g/mol. The van der Waals surface area contributed by atoms with Crippen molar-refractivity contribution in [1.29, 1.82) is 0 Å². The summed E-state index contributed by atoms with van der Waals surface area (Å²) in [7, 11) is 1.69. The zero-order valence-corrected chi connectivity index (χ0v) is 13.6. The maximum absolute atomic E-state index is 10.4. The molecule has 0 amide bonds. The molecule has 0 aliphatic heterocycles. The summed E-state index contributed by atoms with van der Waals surface area (Å²) in [6.45, 7) is 2.32. The predicted octanol–water partition coefficient (Wildman–Crippen LogP) is 3.49. The Morgan fingerprint density at radius 1 is 1.23 bits per heavy atom. The van der Waals surface area contributed by atoms with Gasteiger partial charge in [0.2, 0.25) is 0 Å². The van der Waals surface area contributed by atoms with E-state index in [4.69, 9.17) is 10.5 Å². The maximum atomic E-state index is 10.4. The molecule has 0 bridgehead atoms. The topological polar surface area (TPSA) is 55.5 Å². The molecule has 0 heterocycles. The summed E-state index contributed by atoms with van der Waals surface area (Å²) in [5, 5.41) is 10.4. The van der Waals surface area contributed by atoms with Gasteiger partial charge in [0, 0.05) is 0 Å². The van der Waals surface area contributed by atoms with E-state index in [9.17, 15) is 5.11 Å². The van der Waals surface area contributed by atoms with E-state index in [1.54, 1.807) is 7.11 Å². The van der Waals surface area contributed by atoms with E-state index in [0.717, 1.165) is 36.6 Å². The van der Waals surface area contributed by atoms with Crippen molar-refractivity contribution in [2.24, 2.45) is 17.3 Å². The lowest BCUT2D eigenvalue weighted by Crippen LogP contribution is -2.44. The van der Waals surface area contributed by atoms with Crippen molar-refractivity contribution in [2.45, 2.75) is 57.5 Å². The van der Waals surface area contributed by atoms with Crippen LogP contribution in [0.3, 0.4) is 0 Å². The van der Waals surface area contributed by atoms with Crippen LogP contribution >= 0.6 is 0 Å². The van der Waals surface area contributed by atoms with Crippen LogP contribution in [0.1, 0.15) is 56.1 Å². The summed E-state index contributed by atoms with van der Waals surface area (Å²) in [5.41, 5.74) is 10.1. The molecule has 22 heavy (non-hydrogen) atoms. The summed E-state index contributed by atoms with van der Waals surface area (Å²) in [4.78, 5) is 0. The van der Waals surface area contributed by atoms with Gasteiger partial charge in [-0.25, -0.2) is 0 Å². The summed E-state index contributed by atoms with van der Waals surface area (Å²) in [6.07, 6.45) is 6.69. The lowest BCUT2D eigenvalue weighted by atomic mass is 9.55. The SMILES string of the molecule is COc1ccc2c(c1N)CCC1C2CCC2(C)C(O)CCC12. The molecule has 3 aliphatic carbocycles. The molecule has 0 saturated heterocycles. The minimum absolute atomic E-state index is 0.0965. The molecule has 3 heteroatoms. The van der Waals surface area contributed by atoms with E-state index in [2.05, 4.69) is 13.0 Å². The quantitative estimate of drug-likeness (QED) is 0.781. The number of fused-ring (bicyclic) bond motifs is 5. The zero-order valence-electron chi connectivity index (χ0n) is 13.6. The highest BCUT2D eigenvalue weighted by Crippen LogP contribution is 2.61. The molecule has 5 atom stereocenters. The molecule has 0 radical (unpaired) electrons. The smallest absolute Gasteiger partial charge is 0.142 e. The molecule has 3 nitrogen and oxygen atoms in total. The molecule has 4 rings (SSSR count). The molecule has 0 spiro atoms. The Hall–Kier alpha value is -1.22. The second-order valence-electron chi connectivity index (χ2n) is 7.80. The molecular formula is C19H27NO2. The Bertz CT molecular complexity index is 599. The predicted molar refractivity (Wildman–Crippen MR) is 88.0 cm³/mol. The van der Waals surface area contributed by atoms with Gasteiger partial charge in [0.1, 0.15) is 5.75 Å². The number of anilines is 1. The molecule has 120 valence electrons. The number of benzene rings is 1. The van der Waals surface area contributed by atoms with Crippen LogP contribution in [0.2, 0.25) is 0 Å². The second-order valence-corrected chi connectivity index (χ2v) is 7.80. The maximum Gasteiger partial charge on any atom is 0.142 e. The number of nitrogen functional groups attached to an aromatic ring is 1. The lowest BCUT2D eigenvalue weighted by Gasteiger charge is -2.50. The number of nitrogens with two attached hydrogens (primary N) is 1. The monoisotopic (exact) mass is 301 g/mol. The molecular weight excluding hydrogens is 274 g/mol. The highest BCUT2D eigenvalue weighted by atomic mass is 16.5. The Kier molecular flexibility index (Phi) is 3.19. The van der Waals surface area contributed by atoms with Crippen LogP contribution < -0.4 is 10.5 Å². The van der Waals surface area contributed by atoms with Gasteiger partial charge in [-0.15, -0.1) is 0 Å². The van der Waals surface area contributed by atoms with Gasteiger partial charge in [0.15, 0.2) is 0 Å². The number of aliphatic hydroxyl groups is 1. The van der Waals surface area contributed by atoms with Gasteiger partial charge in [-0.1, -0.05) is 13.0 Å². The minimum atomic E-state index is -0.0965. The van der Waals surface area contributed by atoms with Crippen molar-refractivity contribution < 1.29 is 9.84 Å². The summed E-state index contributed by atoms with van der Waals surface area (Å²) < 4.78 is 5.39. The van der Waals surface area contributed by atoms with Gasteiger partial charge in [0.25, 0.3) is 0 Å². The number of ether oxygens (including phenoxy) is 1. The average Bonchev–Trinajstić information content (AvgIpc) is 2.83. The van der Waals surface area contributed by atoms with Gasteiger partial charge in [-0.2, -0.15) is 0 Å². The first kappa shape index (κ1) is 14.4. The van der Waals surface area contributed by atoms with Crippen molar-refractivity contribution in [3.8, 4) is 5.75 Å². The molecule has 3 aliphatic rings. The third-order valence-corrected chi connectivity index (χ3v) is 7.09. The van der Waals surface area contributed by atoms with E-state index in [1.807, 2.05) is 6.07 Å². The van der Waals surface area contributed by atoms with Crippen molar-refractivity contribution >= 4 is 5.69 Å². The third kappa shape index (κ3) is 1.78. The first-order chi connectivity index (χ1) is 10.6. The Labute approximate surface area is 132 Å². The van der Waals surface area contributed by atoms with Crippen molar-refractivity contribution in [2.75, 3.05) is 12.8 Å². The van der Waals surface area contributed by atoms with Crippen LogP contribution in [-0.4, -0.2) is 18.3 Å². The summed E-state index contributed by atoms with van der Waals surface area (Å²) in [6, 6.07) is 4.28. The van der Waals surface area contributed by atoms with Crippen LogP contribution in [0.15, 0.2) is 12.1 Å². The highest BCUT2D eigenvalue weighted by Gasteiger charge is 2.54. The largest absolute Gasteiger partial charge is 0.495 e. The van der Waals surface area contributed by atoms with Gasteiger partial charge in [-0.05, 0) is 78.9 Å². The molecule has 0 aromatic heterocycles. The van der Waals surface area contributed by atoms with Crippen LogP contribution in [0.25, 0.3) is 0 Å². The highest BCUT2D eigenvalue weighted by molar-refractivity contribution is 5.63. The summed E-state index contributed by atoms with van der Waals surface area (Å²) in [5.74, 6) is 2.84. The van der Waals surface area contributed by atoms with Gasteiger partial charge in [-0.3, -0.25) is 0 Å². The van der Waals surface area contributed by atoms with E-state index in [1.165, 1.54) is 30.4 Å². The van der Waals surface area contributed by atoms with Gasteiger partial charge < -0.3 is 15.6 Å². The normalized spacial score (nSPS) is 39.8. The van der Waals surface area contributed by atoms with Crippen molar-refractivity contribution in [1.82, 2.24) is 0 Å². The number of rotatable bonds is 1. The molecule has 5 unspecified atom stereocenters. The number of hydrogen-bond acceptors (Lipinski definition) is 3. The van der Waals surface area contributed by atoms with E-state index in [0.29, 0.717) is 11.8 Å². The van der Waals surface area contributed by atoms with E-state index >= 15 is 0 Å². The molecule has 2 saturated carbocycles. The fraction of sp³-hybridized carbons (Fsp3) is 0.684. The van der Waals surface area contributed by atoms with E-state index in [-0.39, 0.29) is 11.5 Å². The third-order valence-electron chi connectivity index (χ3n) is 7.09. The Balaban J connectivity index is 1.72. The van der Waals surface area contributed by atoms with Crippen molar-refractivity contribution in [3.63, 3.8) is 0 Å². The van der Waals surface area contributed by atoms with Crippen LogP contribution in [0.4, 0.5) is 5.69 Å². The first-order valence-corrected chi connectivity index (χ1v) is 8.69. The number of hydrogen-bond donors (Lipinski definition) is 2. The Morgan fingerprint density at radius 2 is 2.05 bits per heavy atom. The standard InChI is InChI=1S/C19H27NO2/c1-19-10-9-12-11-5-7-16(22-2)18(20)14(11)4-3-13(12)15(19)6-8-17(19)21/h5,7,12-13,15,17,21H,3-4,6,8-10,20H2,1-2H3. The molecule has 3 N–H and O–H groups in total. The van der Waals surface area contributed by atoms with Crippen LogP contribution in [0, 0.1) is 17.3 Å². The van der Waals surface area contributed by atoms with Gasteiger partial charge in [0.05, 0.1) is 18.9 Å². The van der Waals surface area contributed by atoms with E-state index < -0.39 is 0 Å². The fourth-order valence-corrected chi connectivity index (χ4v) is 5.82. The number of aliphatic hydroxyl groups excluding tert-OH is 1. The van der Waals surface area contributed by atoms with Crippen LogP contribution in [0.5, 0.6) is 5.75 Å². The second kappa shape index (κ2) is 4.89. The zero-order chi connectivity index (χ0) is 15.5. The molecule has 1 aromatic carbocycles. The molecule has 1 aromatic rings. The number of methoxy groups -OCH3 is 1. The van der Waals surface area contributed by atoms with Gasteiger partial charge >= 0.3 is 0 Å². The van der Waals surface area contributed by atoms with Crippen LogP contribution in [-0.2, 0) is 6.42 Å². The molecule has 2 fully saturated rings. The fourth-order valence-electron chi connectivity index (χ4n) is 5.82.